The molecule has 0 spiro atoms. The lowest BCUT2D eigenvalue weighted by atomic mass is 9.93. The molecule has 0 aliphatic heterocycles. The van der Waals surface area contributed by atoms with E-state index < -0.39 is 0 Å². The molecule has 0 atom stereocenters. The molecule has 2 aromatic rings. The van der Waals surface area contributed by atoms with Crippen molar-refractivity contribution in [1.29, 1.82) is 0 Å². The van der Waals surface area contributed by atoms with E-state index in [1.165, 1.54) is 5.56 Å². The van der Waals surface area contributed by atoms with Gasteiger partial charge in [0.1, 0.15) is 0 Å². The largest absolute Gasteiger partial charge is 0.329 e. The number of aromatic nitrogens is 2. The first-order valence-corrected chi connectivity index (χ1v) is 6.68. The maximum absolute atomic E-state index is 11.8. The maximum atomic E-state index is 11.8. The van der Waals surface area contributed by atoms with Crippen molar-refractivity contribution in [1.82, 2.24) is 9.97 Å². The molecule has 2 heterocycles. The van der Waals surface area contributed by atoms with Crippen LogP contribution in [0.5, 0.6) is 0 Å². The van der Waals surface area contributed by atoms with E-state index >= 15 is 0 Å². The van der Waals surface area contributed by atoms with Crippen molar-refractivity contribution in [3.63, 3.8) is 0 Å². The molecule has 0 bridgehead atoms. The van der Waals surface area contributed by atoms with Gasteiger partial charge in [0.05, 0.1) is 0 Å². The minimum Gasteiger partial charge on any atom is -0.329 e. The van der Waals surface area contributed by atoms with Crippen LogP contribution in [0.4, 0.5) is 0 Å². The van der Waals surface area contributed by atoms with Crippen LogP contribution in [0, 0.1) is 0 Å². The molecule has 0 aromatic carbocycles. The Morgan fingerprint density at radius 1 is 1.16 bits per heavy atom. The van der Waals surface area contributed by atoms with E-state index in [1.54, 1.807) is 12.4 Å². The normalized spacial score (nSPS) is 11.3. The molecule has 2 aromatic heterocycles. The van der Waals surface area contributed by atoms with Gasteiger partial charge < -0.3 is 4.98 Å². The Balaban J connectivity index is 2.59. The van der Waals surface area contributed by atoms with Gasteiger partial charge in [-0.05, 0) is 35.6 Å². The van der Waals surface area contributed by atoms with E-state index in [9.17, 15) is 4.79 Å². The van der Waals surface area contributed by atoms with Gasteiger partial charge in [-0.3, -0.25) is 9.78 Å². The molecular formula is C16H20N2O. The molecule has 0 aliphatic rings. The fourth-order valence-electron chi connectivity index (χ4n) is 2.23. The van der Waals surface area contributed by atoms with Crippen LogP contribution in [0.3, 0.4) is 0 Å². The van der Waals surface area contributed by atoms with Gasteiger partial charge in [-0.25, -0.2) is 0 Å². The van der Waals surface area contributed by atoms with Gasteiger partial charge in [0.2, 0.25) is 0 Å². The van der Waals surface area contributed by atoms with Crippen molar-refractivity contribution in [2.75, 3.05) is 0 Å². The molecule has 100 valence electrons. The quantitative estimate of drug-likeness (QED) is 0.910. The highest BCUT2D eigenvalue weighted by molar-refractivity contribution is 5.62. The zero-order valence-electron chi connectivity index (χ0n) is 11.9. The van der Waals surface area contributed by atoms with Crippen molar-refractivity contribution in [3.05, 3.63) is 52.2 Å². The lowest BCUT2D eigenvalue weighted by Crippen LogP contribution is -2.09. The molecule has 0 radical (unpaired) electrons. The molecule has 0 saturated carbocycles. The number of aromatic amines is 1. The van der Waals surface area contributed by atoms with Crippen LogP contribution in [0.2, 0.25) is 0 Å². The van der Waals surface area contributed by atoms with E-state index in [-0.39, 0.29) is 5.56 Å². The minimum atomic E-state index is -0.0729. The van der Waals surface area contributed by atoms with E-state index in [2.05, 4.69) is 43.7 Å². The van der Waals surface area contributed by atoms with E-state index in [4.69, 9.17) is 0 Å². The molecule has 0 amide bonds. The SMILES string of the molecule is CC(C)c1cc(-c2ccc[nH]c2=O)cnc1C(C)C. The summed E-state index contributed by atoms with van der Waals surface area (Å²) in [5.41, 5.74) is 3.82. The molecule has 3 nitrogen and oxygen atoms in total. The van der Waals surface area contributed by atoms with Crippen LogP contribution in [-0.2, 0) is 0 Å². The molecule has 1 N–H and O–H groups in total. The Morgan fingerprint density at radius 2 is 1.89 bits per heavy atom. The molecule has 0 saturated heterocycles. The predicted octanol–water partition coefficient (Wildman–Crippen LogP) is 3.68. The van der Waals surface area contributed by atoms with Crippen molar-refractivity contribution in [2.24, 2.45) is 0 Å². The second-order valence-corrected chi connectivity index (χ2v) is 5.42. The lowest BCUT2D eigenvalue weighted by molar-refractivity contribution is 0.758. The molecule has 19 heavy (non-hydrogen) atoms. The smallest absolute Gasteiger partial charge is 0.255 e. The lowest BCUT2D eigenvalue weighted by Gasteiger charge is -2.16. The molecular weight excluding hydrogens is 236 g/mol. The summed E-state index contributed by atoms with van der Waals surface area (Å²) < 4.78 is 0. The summed E-state index contributed by atoms with van der Waals surface area (Å²) >= 11 is 0. The Kier molecular flexibility index (Phi) is 3.84. The van der Waals surface area contributed by atoms with Crippen LogP contribution < -0.4 is 5.56 Å². The van der Waals surface area contributed by atoms with Gasteiger partial charge in [0, 0.05) is 29.2 Å². The number of hydrogen-bond donors (Lipinski definition) is 1. The van der Waals surface area contributed by atoms with Crippen molar-refractivity contribution in [2.45, 2.75) is 39.5 Å². The highest BCUT2D eigenvalue weighted by atomic mass is 16.1. The number of hydrogen-bond acceptors (Lipinski definition) is 2. The van der Waals surface area contributed by atoms with Crippen LogP contribution in [-0.4, -0.2) is 9.97 Å². The highest BCUT2D eigenvalue weighted by Gasteiger charge is 2.13. The van der Waals surface area contributed by atoms with Crippen LogP contribution >= 0.6 is 0 Å². The third-order valence-corrected chi connectivity index (χ3v) is 3.25. The summed E-state index contributed by atoms with van der Waals surface area (Å²) in [5, 5.41) is 0. The monoisotopic (exact) mass is 256 g/mol. The highest BCUT2D eigenvalue weighted by Crippen LogP contribution is 2.27. The average Bonchev–Trinajstić information content (AvgIpc) is 2.38. The van der Waals surface area contributed by atoms with E-state index in [0.29, 0.717) is 17.4 Å². The summed E-state index contributed by atoms with van der Waals surface area (Å²) in [6.07, 6.45) is 3.44. The van der Waals surface area contributed by atoms with E-state index in [0.717, 1.165) is 11.3 Å². The van der Waals surface area contributed by atoms with Crippen LogP contribution in [0.1, 0.15) is 50.8 Å². The number of nitrogens with zero attached hydrogens (tertiary/aromatic N) is 1. The van der Waals surface area contributed by atoms with Gasteiger partial charge in [0.25, 0.3) is 5.56 Å². The number of H-pyrrole nitrogens is 1. The number of rotatable bonds is 3. The Bertz CT molecular complexity index is 627. The standard InChI is InChI=1S/C16H20N2O/c1-10(2)14-8-12(9-18-15(14)11(3)4)13-6-5-7-17-16(13)19/h5-11H,1-4H3,(H,17,19). The predicted molar refractivity (Wildman–Crippen MR) is 78.5 cm³/mol. The van der Waals surface area contributed by atoms with Crippen molar-refractivity contribution in [3.8, 4) is 11.1 Å². The minimum absolute atomic E-state index is 0.0729. The Labute approximate surface area is 113 Å². The fraction of sp³-hybridized carbons (Fsp3) is 0.375. The van der Waals surface area contributed by atoms with Crippen LogP contribution in [0.25, 0.3) is 11.1 Å². The first kappa shape index (κ1) is 13.5. The van der Waals surface area contributed by atoms with Crippen molar-refractivity contribution < 1.29 is 0 Å². The van der Waals surface area contributed by atoms with Crippen molar-refractivity contribution >= 4 is 0 Å². The molecule has 0 aliphatic carbocycles. The fourth-order valence-corrected chi connectivity index (χ4v) is 2.23. The summed E-state index contributed by atoms with van der Waals surface area (Å²) in [5.74, 6) is 0.785. The summed E-state index contributed by atoms with van der Waals surface area (Å²) in [4.78, 5) is 19.1. The summed E-state index contributed by atoms with van der Waals surface area (Å²) in [6.45, 7) is 8.59. The Hall–Kier alpha value is -1.90. The van der Waals surface area contributed by atoms with Gasteiger partial charge in [-0.1, -0.05) is 27.7 Å². The third-order valence-electron chi connectivity index (χ3n) is 3.25. The van der Waals surface area contributed by atoms with Crippen LogP contribution in [0.15, 0.2) is 35.4 Å². The summed E-state index contributed by atoms with van der Waals surface area (Å²) in [7, 11) is 0. The number of nitrogens with one attached hydrogen (secondary N) is 1. The van der Waals surface area contributed by atoms with E-state index in [1.807, 2.05) is 12.1 Å². The Morgan fingerprint density at radius 3 is 2.47 bits per heavy atom. The molecule has 3 heteroatoms. The number of pyridine rings is 2. The van der Waals surface area contributed by atoms with Gasteiger partial charge in [-0.15, -0.1) is 0 Å². The zero-order valence-corrected chi connectivity index (χ0v) is 11.9. The molecule has 2 rings (SSSR count). The molecule has 0 fully saturated rings. The second kappa shape index (κ2) is 5.39. The van der Waals surface area contributed by atoms with Gasteiger partial charge in [0.15, 0.2) is 0 Å². The second-order valence-electron chi connectivity index (χ2n) is 5.42. The molecule has 0 unspecified atom stereocenters. The third kappa shape index (κ3) is 2.75. The maximum Gasteiger partial charge on any atom is 0.255 e. The van der Waals surface area contributed by atoms with Gasteiger partial charge >= 0.3 is 0 Å². The first-order valence-electron chi connectivity index (χ1n) is 6.68. The van der Waals surface area contributed by atoms with Gasteiger partial charge in [-0.2, -0.15) is 0 Å². The first-order chi connectivity index (χ1) is 9.00. The summed E-state index contributed by atoms with van der Waals surface area (Å²) in [6, 6.07) is 5.76. The topological polar surface area (TPSA) is 45.8 Å². The zero-order chi connectivity index (χ0) is 14.0. The average molecular weight is 256 g/mol.